The lowest BCUT2D eigenvalue weighted by atomic mass is 10.0. The van der Waals surface area contributed by atoms with Crippen LogP contribution in [-0.4, -0.2) is 81.0 Å². The summed E-state index contributed by atoms with van der Waals surface area (Å²) >= 11 is 0. The number of amides is 4. The molecule has 10 N–H and O–H groups in total. The molecule has 4 atom stereocenters. The Bertz CT molecular complexity index is 816. The highest BCUT2D eigenvalue weighted by Crippen LogP contribution is 2.06. The van der Waals surface area contributed by atoms with Gasteiger partial charge in [-0.05, 0) is 25.2 Å². The summed E-state index contributed by atoms with van der Waals surface area (Å²) in [5.41, 5.74) is 10.8. The summed E-state index contributed by atoms with van der Waals surface area (Å²) in [4.78, 5) is 82.1. The van der Waals surface area contributed by atoms with Gasteiger partial charge in [0.15, 0.2) is 0 Å². The average Bonchev–Trinajstić information content (AvgIpc) is 2.71. The monoisotopic (exact) mass is 503 g/mol. The molecule has 0 spiro atoms. The van der Waals surface area contributed by atoms with Gasteiger partial charge >= 0.3 is 17.9 Å². The second kappa shape index (κ2) is 15.2. The van der Waals surface area contributed by atoms with E-state index in [1.54, 1.807) is 13.8 Å². The molecule has 35 heavy (non-hydrogen) atoms. The molecule has 0 saturated carbocycles. The molecule has 15 nitrogen and oxygen atoms in total. The van der Waals surface area contributed by atoms with E-state index < -0.39 is 91.4 Å². The molecule has 0 aromatic rings. The zero-order chi connectivity index (χ0) is 27.3. The summed E-state index contributed by atoms with van der Waals surface area (Å²) in [7, 11) is 0. The fraction of sp³-hybridized carbons (Fsp3) is 0.650. The van der Waals surface area contributed by atoms with Gasteiger partial charge in [0.1, 0.15) is 18.1 Å². The van der Waals surface area contributed by atoms with E-state index >= 15 is 0 Å². The standard InChI is InChI=1S/C20H33N5O10/c1-9(2)7-10(21)17(31)25-13(8-16(29)30)19(33)23-11(3-5-14(22)26)18(32)24-12(20(34)35)4-6-15(27)28/h9-13H,3-8,21H2,1-2H3,(H2,22,26)(H,23,33)(H,24,32)(H,25,31)(H,27,28)(H,29,30)(H,34,35). The van der Waals surface area contributed by atoms with E-state index in [0.29, 0.717) is 0 Å². The third-order valence-electron chi connectivity index (χ3n) is 4.65. The maximum atomic E-state index is 12.7. The van der Waals surface area contributed by atoms with Gasteiger partial charge in [-0.1, -0.05) is 13.8 Å². The van der Waals surface area contributed by atoms with E-state index in [4.69, 9.17) is 21.7 Å². The first kappa shape index (κ1) is 31.2. The molecule has 0 saturated heterocycles. The van der Waals surface area contributed by atoms with Gasteiger partial charge in [-0.3, -0.25) is 28.8 Å². The number of hydrogen-bond acceptors (Lipinski definition) is 8. The average molecular weight is 504 g/mol. The SMILES string of the molecule is CC(C)CC(N)C(=O)NC(CC(=O)O)C(=O)NC(CCC(N)=O)C(=O)NC(CCC(=O)O)C(=O)O. The Kier molecular flexibility index (Phi) is 13.6. The molecule has 0 aliphatic carbocycles. The number of rotatable bonds is 17. The second-order valence-electron chi connectivity index (χ2n) is 8.29. The third kappa shape index (κ3) is 13.5. The molecular weight excluding hydrogens is 470 g/mol. The van der Waals surface area contributed by atoms with E-state index in [2.05, 4.69) is 16.0 Å². The van der Waals surface area contributed by atoms with Gasteiger partial charge in [0.25, 0.3) is 0 Å². The first-order chi connectivity index (χ1) is 16.1. The van der Waals surface area contributed by atoms with E-state index in [0.717, 1.165) is 0 Å². The minimum absolute atomic E-state index is 0.0349. The number of carboxylic acid groups (broad SMARTS) is 3. The van der Waals surface area contributed by atoms with Crippen molar-refractivity contribution < 1.29 is 48.9 Å². The normalized spacial score (nSPS) is 14.2. The molecule has 0 rings (SSSR count). The predicted octanol–water partition coefficient (Wildman–Crippen LogP) is -2.50. The summed E-state index contributed by atoms with van der Waals surface area (Å²) in [6.45, 7) is 3.61. The Morgan fingerprint density at radius 3 is 1.66 bits per heavy atom. The van der Waals surface area contributed by atoms with Gasteiger partial charge in [0.2, 0.25) is 23.6 Å². The minimum atomic E-state index is -1.63. The Morgan fingerprint density at radius 2 is 1.20 bits per heavy atom. The van der Waals surface area contributed by atoms with Crippen LogP contribution in [-0.2, 0) is 33.6 Å². The van der Waals surface area contributed by atoms with Gasteiger partial charge in [-0.15, -0.1) is 0 Å². The lowest BCUT2D eigenvalue weighted by Crippen LogP contribution is -2.57. The van der Waals surface area contributed by atoms with Crippen molar-refractivity contribution in [2.75, 3.05) is 0 Å². The molecule has 0 fully saturated rings. The van der Waals surface area contributed by atoms with Crippen LogP contribution in [0, 0.1) is 5.92 Å². The van der Waals surface area contributed by atoms with Crippen LogP contribution in [0.1, 0.15) is 52.4 Å². The van der Waals surface area contributed by atoms with Gasteiger partial charge in [0, 0.05) is 12.8 Å². The van der Waals surface area contributed by atoms with Crippen molar-refractivity contribution in [1.29, 1.82) is 0 Å². The Morgan fingerprint density at radius 1 is 0.714 bits per heavy atom. The van der Waals surface area contributed by atoms with Gasteiger partial charge in [0.05, 0.1) is 12.5 Å². The highest BCUT2D eigenvalue weighted by molar-refractivity contribution is 5.95. The first-order valence-corrected chi connectivity index (χ1v) is 10.7. The van der Waals surface area contributed by atoms with Crippen molar-refractivity contribution in [3.63, 3.8) is 0 Å². The van der Waals surface area contributed by atoms with E-state index in [9.17, 15) is 38.7 Å². The molecule has 0 aromatic heterocycles. The van der Waals surface area contributed by atoms with Gasteiger partial charge < -0.3 is 42.7 Å². The van der Waals surface area contributed by atoms with Crippen LogP contribution in [0.3, 0.4) is 0 Å². The largest absolute Gasteiger partial charge is 0.481 e. The molecule has 0 aliphatic rings. The number of hydrogen-bond donors (Lipinski definition) is 8. The fourth-order valence-electron chi connectivity index (χ4n) is 2.90. The second-order valence-corrected chi connectivity index (χ2v) is 8.29. The minimum Gasteiger partial charge on any atom is -0.481 e. The fourth-order valence-corrected chi connectivity index (χ4v) is 2.90. The van der Waals surface area contributed by atoms with Crippen molar-refractivity contribution in [1.82, 2.24) is 16.0 Å². The van der Waals surface area contributed by atoms with Crippen molar-refractivity contribution in [2.45, 2.75) is 76.5 Å². The number of carbonyl (C=O) groups excluding carboxylic acids is 4. The van der Waals surface area contributed by atoms with Crippen molar-refractivity contribution in [3.05, 3.63) is 0 Å². The Labute approximate surface area is 201 Å². The number of carboxylic acids is 3. The molecule has 0 aliphatic heterocycles. The number of nitrogens with one attached hydrogen (secondary N) is 3. The molecule has 4 amide bonds. The smallest absolute Gasteiger partial charge is 0.326 e. The van der Waals surface area contributed by atoms with Crippen LogP contribution >= 0.6 is 0 Å². The topological polar surface area (TPSA) is 268 Å². The van der Waals surface area contributed by atoms with Gasteiger partial charge in [-0.25, -0.2) is 4.79 Å². The molecule has 0 radical (unpaired) electrons. The van der Waals surface area contributed by atoms with Crippen LogP contribution in [0.15, 0.2) is 0 Å². The molecule has 198 valence electrons. The highest BCUT2D eigenvalue weighted by Gasteiger charge is 2.31. The number of nitrogens with two attached hydrogens (primary N) is 2. The van der Waals surface area contributed by atoms with Crippen molar-refractivity contribution in [2.24, 2.45) is 17.4 Å². The summed E-state index contributed by atoms with van der Waals surface area (Å²) in [6, 6.07) is -5.82. The van der Waals surface area contributed by atoms with Crippen molar-refractivity contribution >= 4 is 41.5 Å². The van der Waals surface area contributed by atoms with Gasteiger partial charge in [-0.2, -0.15) is 0 Å². The number of aliphatic carboxylic acids is 3. The molecule has 0 bridgehead atoms. The zero-order valence-corrected chi connectivity index (χ0v) is 19.5. The molecule has 15 heteroatoms. The third-order valence-corrected chi connectivity index (χ3v) is 4.65. The molecule has 0 heterocycles. The Hall–Kier alpha value is -3.75. The zero-order valence-electron chi connectivity index (χ0n) is 19.5. The molecular formula is C20H33N5O10. The van der Waals surface area contributed by atoms with E-state index in [1.807, 2.05) is 0 Å². The maximum absolute atomic E-state index is 12.7. The maximum Gasteiger partial charge on any atom is 0.326 e. The number of primary amides is 1. The van der Waals surface area contributed by atoms with Crippen LogP contribution in [0.25, 0.3) is 0 Å². The summed E-state index contributed by atoms with van der Waals surface area (Å²) in [6.07, 6.45) is -2.41. The quantitative estimate of drug-likeness (QED) is 0.103. The lowest BCUT2D eigenvalue weighted by Gasteiger charge is -2.24. The predicted molar refractivity (Wildman–Crippen MR) is 118 cm³/mol. The van der Waals surface area contributed by atoms with Crippen LogP contribution in [0.2, 0.25) is 0 Å². The van der Waals surface area contributed by atoms with Crippen molar-refractivity contribution in [3.8, 4) is 0 Å². The van der Waals surface area contributed by atoms with Crippen LogP contribution in [0.4, 0.5) is 0 Å². The summed E-state index contributed by atoms with van der Waals surface area (Å²) in [5.74, 6) is -8.05. The number of carbonyl (C=O) groups is 7. The summed E-state index contributed by atoms with van der Waals surface area (Å²) in [5, 5.41) is 33.5. The molecule has 0 aromatic carbocycles. The lowest BCUT2D eigenvalue weighted by molar-refractivity contribution is -0.144. The van der Waals surface area contributed by atoms with E-state index in [-0.39, 0.29) is 18.8 Å². The van der Waals surface area contributed by atoms with Crippen LogP contribution < -0.4 is 27.4 Å². The first-order valence-electron chi connectivity index (χ1n) is 10.7. The van der Waals surface area contributed by atoms with E-state index in [1.165, 1.54) is 0 Å². The highest BCUT2D eigenvalue weighted by atomic mass is 16.4. The summed E-state index contributed by atoms with van der Waals surface area (Å²) < 4.78 is 0. The Balaban J connectivity index is 5.60. The molecule has 4 unspecified atom stereocenters. The van der Waals surface area contributed by atoms with Crippen LogP contribution in [0.5, 0.6) is 0 Å².